The molecule has 1 aliphatic rings. The molecule has 0 saturated carbocycles. The van der Waals surface area contributed by atoms with Crippen LogP contribution in [-0.4, -0.2) is 5.88 Å². The zero-order chi connectivity index (χ0) is 14.0. The van der Waals surface area contributed by atoms with E-state index in [1.54, 1.807) is 0 Å². The van der Waals surface area contributed by atoms with Crippen molar-refractivity contribution in [3.05, 3.63) is 68.8 Å². The van der Waals surface area contributed by atoms with Gasteiger partial charge in [-0.2, -0.15) is 0 Å². The van der Waals surface area contributed by atoms with Crippen molar-refractivity contribution in [1.82, 2.24) is 0 Å². The quantitative estimate of drug-likeness (QED) is 0.485. The highest BCUT2D eigenvalue weighted by atomic mass is 127. The molecule has 0 radical (unpaired) electrons. The van der Waals surface area contributed by atoms with Crippen LogP contribution in [0.25, 0.3) is 0 Å². The summed E-state index contributed by atoms with van der Waals surface area (Å²) in [4.78, 5) is 0. The fourth-order valence-corrected chi connectivity index (χ4v) is 4.10. The molecule has 0 amide bonds. The molecule has 3 rings (SSSR count). The van der Waals surface area contributed by atoms with E-state index in [1.807, 2.05) is 0 Å². The minimum Gasteiger partial charge on any atom is -0.126 e. The van der Waals surface area contributed by atoms with Gasteiger partial charge in [-0.05, 0) is 77.1 Å². The molecule has 0 bridgehead atoms. The molecule has 20 heavy (non-hydrogen) atoms. The largest absolute Gasteiger partial charge is 0.126 e. The third-order valence-corrected chi connectivity index (χ3v) is 5.63. The van der Waals surface area contributed by atoms with Crippen LogP contribution in [0, 0.1) is 3.57 Å². The van der Waals surface area contributed by atoms with Gasteiger partial charge in [0.1, 0.15) is 0 Å². The number of halogens is 2. The van der Waals surface area contributed by atoms with Crippen LogP contribution in [-0.2, 0) is 18.3 Å². The maximum atomic E-state index is 6.44. The van der Waals surface area contributed by atoms with Gasteiger partial charge in [0.15, 0.2) is 0 Å². The van der Waals surface area contributed by atoms with E-state index in [-0.39, 0.29) is 5.41 Å². The average molecular weight is 397 g/mol. The molecule has 0 N–H and O–H groups in total. The Labute approximate surface area is 139 Å². The van der Waals surface area contributed by atoms with E-state index < -0.39 is 0 Å². The lowest BCUT2D eigenvalue weighted by atomic mass is 9.68. The Kier molecular flexibility index (Phi) is 4.37. The van der Waals surface area contributed by atoms with Crippen molar-refractivity contribution < 1.29 is 0 Å². The molecule has 0 saturated heterocycles. The van der Waals surface area contributed by atoms with Crippen molar-refractivity contribution in [2.24, 2.45) is 0 Å². The predicted octanol–water partition coefficient (Wildman–Crippen LogP) is 5.35. The molecule has 0 heterocycles. The third kappa shape index (κ3) is 2.75. The van der Waals surface area contributed by atoms with Crippen LogP contribution >= 0.6 is 34.2 Å². The lowest BCUT2D eigenvalue weighted by Crippen LogP contribution is -2.35. The lowest BCUT2D eigenvalue weighted by molar-refractivity contribution is 0.396. The van der Waals surface area contributed by atoms with Gasteiger partial charge in [-0.1, -0.05) is 36.4 Å². The summed E-state index contributed by atoms with van der Waals surface area (Å²) in [5.41, 5.74) is 4.47. The standard InChI is InChI=1S/C18H18ClI/c19-13-18(12-14-7-9-16(20)10-8-14)11-3-5-15-4-1-2-6-17(15)18/h1-2,4,6-10H,3,5,11-13H2. The minimum absolute atomic E-state index is 0.114. The smallest absolute Gasteiger partial charge is 0.0323 e. The average Bonchev–Trinajstić information content (AvgIpc) is 2.50. The Morgan fingerprint density at radius 1 is 1.05 bits per heavy atom. The zero-order valence-electron chi connectivity index (χ0n) is 11.4. The highest BCUT2D eigenvalue weighted by Crippen LogP contribution is 2.41. The summed E-state index contributed by atoms with van der Waals surface area (Å²) in [5.74, 6) is 0.704. The van der Waals surface area contributed by atoms with E-state index >= 15 is 0 Å². The van der Waals surface area contributed by atoms with Gasteiger partial charge in [-0.25, -0.2) is 0 Å². The Morgan fingerprint density at radius 2 is 1.80 bits per heavy atom. The SMILES string of the molecule is ClCC1(Cc2ccc(I)cc2)CCCc2ccccc21. The fourth-order valence-electron chi connectivity index (χ4n) is 3.37. The van der Waals surface area contributed by atoms with Gasteiger partial charge in [-0.3, -0.25) is 0 Å². The number of alkyl halides is 1. The molecule has 1 unspecified atom stereocenters. The molecular weight excluding hydrogens is 379 g/mol. The molecule has 1 atom stereocenters. The number of hydrogen-bond donors (Lipinski definition) is 0. The van der Waals surface area contributed by atoms with Gasteiger partial charge >= 0.3 is 0 Å². The number of rotatable bonds is 3. The molecule has 1 aliphatic carbocycles. The van der Waals surface area contributed by atoms with E-state index in [1.165, 1.54) is 39.5 Å². The normalized spacial score (nSPS) is 21.5. The van der Waals surface area contributed by atoms with E-state index in [2.05, 4.69) is 71.1 Å². The molecule has 0 spiro atoms. The summed E-state index contributed by atoms with van der Waals surface area (Å²) in [6.07, 6.45) is 4.68. The highest BCUT2D eigenvalue weighted by Gasteiger charge is 2.35. The Bertz CT molecular complexity index is 591. The van der Waals surface area contributed by atoms with Crippen LogP contribution in [0.4, 0.5) is 0 Å². The van der Waals surface area contributed by atoms with Crippen LogP contribution in [0.2, 0.25) is 0 Å². The molecule has 2 aromatic rings. The Balaban J connectivity index is 1.98. The van der Waals surface area contributed by atoms with Crippen LogP contribution in [0.3, 0.4) is 0 Å². The minimum atomic E-state index is 0.114. The number of hydrogen-bond acceptors (Lipinski definition) is 0. The summed E-state index contributed by atoms with van der Waals surface area (Å²) in [7, 11) is 0. The summed E-state index contributed by atoms with van der Waals surface area (Å²) in [5, 5.41) is 0. The second-order valence-corrected chi connectivity index (χ2v) is 7.24. The highest BCUT2D eigenvalue weighted by molar-refractivity contribution is 14.1. The van der Waals surface area contributed by atoms with Crippen LogP contribution in [0.15, 0.2) is 48.5 Å². The van der Waals surface area contributed by atoms with Crippen molar-refractivity contribution in [1.29, 1.82) is 0 Å². The van der Waals surface area contributed by atoms with Crippen molar-refractivity contribution in [3.63, 3.8) is 0 Å². The van der Waals surface area contributed by atoms with E-state index in [0.29, 0.717) is 5.88 Å². The van der Waals surface area contributed by atoms with Gasteiger partial charge in [0.2, 0.25) is 0 Å². The first kappa shape index (κ1) is 14.4. The Hall–Kier alpha value is -0.540. The molecule has 0 aliphatic heterocycles. The molecule has 104 valence electrons. The fraction of sp³-hybridized carbons (Fsp3) is 0.333. The lowest BCUT2D eigenvalue weighted by Gasteiger charge is -2.38. The van der Waals surface area contributed by atoms with Crippen molar-refractivity contribution >= 4 is 34.2 Å². The zero-order valence-corrected chi connectivity index (χ0v) is 14.3. The van der Waals surface area contributed by atoms with Crippen LogP contribution in [0.5, 0.6) is 0 Å². The van der Waals surface area contributed by atoms with Gasteiger partial charge in [0.25, 0.3) is 0 Å². The molecule has 2 heteroatoms. The second kappa shape index (κ2) is 6.07. The number of fused-ring (bicyclic) bond motifs is 1. The molecule has 0 aromatic heterocycles. The van der Waals surface area contributed by atoms with E-state index in [4.69, 9.17) is 11.6 Å². The van der Waals surface area contributed by atoms with Gasteiger partial charge in [-0.15, -0.1) is 11.6 Å². The number of benzene rings is 2. The van der Waals surface area contributed by atoms with E-state index in [9.17, 15) is 0 Å². The molecule has 2 aromatic carbocycles. The van der Waals surface area contributed by atoms with Gasteiger partial charge in [0, 0.05) is 14.9 Å². The predicted molar refractivity (Wildman–Crippen MR) is 94.6 cm³/mol. The first-order valence-corrected chi connectivity index (χ1v) is 8.74. The first-order chi connectivity index (χ1) is 9.73. The second-order valence-electron chi connectivity index (χ2n) is 5.73. The van der Waals surface area contributed by atoms with Crippen molar-refractivity contribution in [3.8, 4) is 0 Å². The van der Waals surface area contributed by atoms with Crippen LogP contribution < -0.4 is 0 Å². The first-order valence-electron chi connectivity index (χ1n) is 7.12. The molecule has 0 fully saturated rings. The topological polar surface area (TPSA) is 0 Å². The van der Waals surface area contributed by atoms with Crippen molar-refractivity contribution in [2.45, 2.75) is 31.1 Å². The Morgan fingerprint density at radius 3 is 2.55 bits per heavy atom. The summed E-state index contributed by atoms with van der Waals surface area (Å²) >= 11 is 8.80. The van der Waals surface area contributed by atoms with Crippen LogP contribution in [0.1, 0.15) is 29.5 Å². The summed E-state index contributed by atoms with van der Waals surface area (Å²) in [6, 6.07) is 17.7. The van der Waals surface area contributed by atoms with Gasteiger partial charge in [0.05, 0.1) is 0 Å². The third-order valence-electron chi connectivity index (χ3n) is 4.40. The molecular formula is C18H18ClI. The number of aryl methyl sites for hydroxylation is 1. The van der Waals surface area contributed by atoms with E-state index in [0.717, 1.165) is 6.42 Å². The monoisotopic (exact) mass is 396 g/mol. The summed E-state index contributed by atoms with van der Waals surface area (Å²) in [6.45, 7) is 0. The summed E-state index contributed by atoms with van der Waals surface area (Å²) < 4.78 is 1.29. The van der Waals surface area contributed by atoms with Gasteiger partial charge < -0.3 is 0 Å². The van der Waals surface area contributed by atoms with Crippen molar-refractivity contribution in [2.75, 3.05) is 5.88 Å². The molecule has 0 nitrogen and oxygen atoms in total. The maximum absolute atomic E-state index is 6.44. The maximum Gasteiger partial charge on any atom is 0.0323 e.